The predicted octanol–water partition coefficient (Wildman–Crippen LogP) is -2.69. The molecule has 0 aliphatic carbocycles. The van der Waals surface area contributed by atoms with Crippen LogP contribution in [0.2, 0.25) is 0 Å². The zero-order valence-electron chi connectivity index (χ0n) is 24.1. The van der Waals surface area contributed by atoms with E-state index >= 15 is 0 Å². The van der Waals surface area contributed by atoms with E-state index < -0.39 is 60.2 Å². The van der Waals surface area contributed by atoms with Crippen LogP contribution in [0, 0.1) is 0 Å². The van der Waals surface area contributed by atoms with Gasteiger partial charge in [-0.25, -0.2) is 4.98 Å². The summed E-state index contributed by atoms with van der Waals surface area (Å²) in [5, 5.41) is 11.3. The number of hydrogen-bond donors (Lipinski definition) is 8. The van der Waals surface area contributed by atoms with Crippen molar-refractivity contribution in [2.45, 2.75) is 50.4 Å². The lowest BCUT2D eigenvalue weighted by molar-refractivity contribution is -0.132. The SMILES string of the molecule is CC(NC(=O)C(Cc1c[nH]c2ccccc12)NC(=O)C(N)Cc1cnc[nH]1)C(=O)NCC(=O)NC1CC(=O)N(CC(N)=O)C1. The van der Waals surface area contributed by atoms with Crippen LogP contribution in [0.15, 0.2) is 43.0 Å². The highest BCUT2D eigenvalue weighted by molar-refractivity contribution is 5.95. The first kappa shape index (κ1) is 31.7. The van der Waals surface area contributed by atoms with Crippen molar-refractivity contribution in [2.75, 3.05) is 19.6 Å². The van der Waals surface area contributed by atoms with Gasteiger partial charge in [-0.1, -0.05) is 18.2 Å². The lowest BCUT2D eigenvalue weighted by Gasteiger charge is -2.22. The summed E-state index contributed by atoms with van der Waals surface area (Å²) in [4.78, 5) is 85.7. The van der Waals surface area contributed by atoms with Crippen LogP contribution in [0.25, 0.3) is 10.9 Å². The van der Waals surface area contributed by atoms with Gasteiger partial charge in [0.2, 0.25) is 35.4 Å². The fourth-order valence-corrected chi connectivity index (χ4v) is 4.92. The van der Waals surface area contributed by atoms with Crippen molar-refractivity contribution in [3.8, 4) is 0 Å². The van der Waals surface area contributed by atoms with Gasteiger partial charge < -0.3 is 47.6 Å². The molecule has 6 amide bonds. The molecule has 3 heterocycles. The molecule has 0 radical (unpaired) electrons. The van der Waals surface area contributed by atoms with E-state index in [9.17, 15) is 28.8 Å². The first-order valence-corrected chi connectivity index (χ1v) is 14.0. The number of primary amides is 1. The normalized spacial score (nSPS) is 16.6. The maximum Gasteiger partial charge on any atom is 0.243 e. The molecule has 1 aliphatic heterocycles. The van der Waals surface area contributed by atoms with Crippen molar-refractivity contribution < 1.29 is 28.8 Å². The minimum Gasteiger partial charge on any atom is -0.368 e. The van der Waals surface area contributed by atoms with Gasteiger partial charge in [0, 0.05) is 54.8 Å². The molecule has 234 valence electrons. The average Bonchev–Trinajstić information content (AvgIpc) is 3.72. The highest BCUT2D eigenvalue weighted by Crippen LogP contribution is 2.19. The fourth-order valence-electron chi connectivity index (χ4n) is 4.92. The molecule has 4 atom stereocenters. The lowest BCUT2D eigenvalue weighted by Crippen LogP contribution is -2.56. The highest BCUT2D eigenvalue weighted by Gasteiger charge is 2.32. The van der Waals surface area contributed by atoms with Crippen molar-refractivity contribution in [2.24, 2.45) is 11.5 Å². The number of H-pyrrole nitrogens is 2. The van der Waals surface area contributed by atoms with Gasteiger partial charge in [-0.05, 0) is 18.6 Å². The number of aromatic nitrogens is 3. The molecule has 1 saturated heterocycles. The van der Waals surface area contributed by atoms with Gasteiger partial charge >= 0.3 is 0 Å². The van der Waals surface area contributed by atoms with E-state index in [1.165, 1.54) is 18.2 Å². The molecule has 4 rings (SSSR count). The van der Waals surface area contributed by atoms with E-state index in [2.05, 4.69) is 36.2 Å². The molecule has 3 aromatic rings. The molecule has 2 aromatic heterocycles. The molecule has 1 fully saturated rings. The number of amides is 6. The van der Waals surface area contributed by atoms with Gasteiger partial charge in [0.05, 0.1) is 31.5 Å². The number of likely N-dealkylation sites (tertiary alicyclic amines) is 1. The minimum atomic E-state index is -1.07. The van der Waals surface area contributed by atoms with E-state index in [1.807, 2.05) is 24.3 Å². The third kappa shape index (κ3) is 8.41. The zero-order chi connectivity index (χ0) is 31.8. The standard InChI is InChI=1S/C28H36N10O6/c1-15(26(42)33-11-24(40)36-18-8-25(41)38(12-18)13-23(30)39)35-28(44)22(6-16-9-32-21-5-3-2-4-19(16)21)37-27(43)20(29)7-17-10-31-14-34-17/h2-5,9-10,14-15,18,20,22,32H,6-8,11-13,29H2,1H3,(H2,30,39)(H,31,34)(H,33,42)(H,35,44)(H,36,40)(H,37,43). The van der Waals surface area contributed by atoms with Crippen LogP contribution < -0.4 is 32.7 Å². The van der Waals surface area contributed by atoms with Gasteiger partial charge in [0.25, 0.3) is 0 Å². The number of carbonyl (C=O) groups is 6. The Labute approximate surface area is 252 Å². The van der Waals surface area contributed by atoms with Crippen molar-refractivity contribution in [1.82, 2.24) is 41.1 Å². The third-order valence-electron chi connectivity index (χ3n) is 7.16. The Morgan fingerprint density at radius 1 is 1.07 bits per heavy atom. The predicted molar refractivity (Wildman–Crippen MR) is 157 cm³/mol. The number of hydrogen-bond acceptors (Lipinski definition) is 8. The van der Waals surface area contributed by atoms with Crippen LogP contribution in [0.1, 0.15) is 24.6 Å². The molecule has 0 bridgehead atoms. The fraction of sp³-hybridized carbons (Fsp3) is 0.393. The highest BCUT2D eigenvalue weighted by atomic mass is 16.2. The Hall–Kier alpha value is -5.25. The maximum absolute atomic E-state index is 13.4. The average molecular weight is 609 g/mol. The van der Waals surface area contributed by atoms with E-state index in [0.29, 0.717) is 5.69 Å². The smallest absolute Gasteiger partial charge is 0.243 e. The summed E-state index contributed by atoms with van der Waals surface area (Å²) >= 11 is 0. The van der Waals surface area contributed by atoms with Crippen molar-refractivity contribution in [3.05, 3.63) is 54.2 Å². The van der Waals surface area contributed by atoms with Gasteiger partial charge in [-0.3, -0.25) is 28.8 Å². The molecule has 44 heavy (non-hydrogen) atoms. The molecule has 1 aliphatic rings. The monoisotopic (exact) mass is 608 g/mol. The molecule has 0 saturated carbocycles. The van der Waals surface area contributed by atoms with Crippen LogP contribution >= 0.6 is 0 Å². The Balaban J connectivity index is 1.33. The number of para-hydroxylation sites is 1. The number of imidazole rings is 1. The first-order valence-electron chi connectivity index (χ1n) is 14.0. The van der Waals surface area contributed by atoms with Crippen LogP contribution in [0.3, 0.4) is 0 Å². The zero-order valence-corrected chi connectivity index (χ0v) is 24.1. The number of nitrogens with two attached hydrogens (primary N) is 2. The van der Waals surface area contributed by atoms with Gasteiger partial charge in [0.15, 0.2) is 0 Å². The van der Waals surface area contributed by atoms with Gasteiger partial charge in [-0.15, -0.1) is 0 Å². The number of rotatable bonds is 14. The quantitative estimate of drug-likeness (QED) is 0.0954. The summed E-state index contributed by atoms with van der Waals surface area (Å²) in [5.41, 5.74) is 13.5. The summed E-state index contributed by atoms with van der Waals surface area (Å²) in [6.07, 6.45) is 5.07. The largest absolute Gasteiger partial charge is 0.368 e. The van der Waals surface area contributed by atoms with Gasteiger partial charge in [0.1, 0.15) is 12.1 Å². The first-order chi connectivity index (χ1) is 21.0. The van der Waals surface area contributed by atoms with E-state index in [0.717, 1.165) is 16.5 Å². The molecular weight excluding hydrogens is 572 g/mol. The molecule has 1 aromatic carbocycles. The van der Waals surface area contributed by atoms with Gasteiger partial charge in [-0.2, -0.15) is 0 Å². The number of nitrogens with one attached hydrogen (secondary N) is 6. The number of fused-ring (bicyclic) bond motifs is 1. The van der Waals surface area contributed by atoms with Crippen molar-refractivity contribution in [3.63, 3.8) is 0 Å². The Kier molecular flexibility index (Phi) is 10.3. The molecular formula is C28H36N10O6. The Bertz CT molecular complexity index is 1520. The topological polar surface area (TPSA) is 250 Å². The second-order valence-electron chi connectivity index (χ2n) is 10.7. The summed E-state index contributed by atoms with van der Waals surface area (Å²) in [6, 6.07) is 3.87. The second-order valence-corrected chi connectivity index (χ2v) is 10.7. The Morgan fingerprint density at radius 2 is 1.84 bits per heavy atom. The molecule has 4 unspecified atom stereocenters. The number of nitrogens with zero attached hydrogens (tertiary/aromatic N) is 2. The second kappa shape index (κ2) is 14.3. The number of carbonyl (C=O) groups excluding carboxylic acids is 6. The summed E-state index contributed by atoms with van der Waals surface area (Å²) in [6.45, 7) is 0.925. The third-order valence-corrected chi connectivity index (χ3v) is 7.16. The summed E-state index contributed by atoms with van der Waals surface area (Å²) in [7, 11) is 0. The number of benzene rings is 1. The van der Waals surface area contributed by atoms with Crippen LogP contribution in [0.4, 0.5) is 0 Å². The van der Waals surface area contributed by atoms with Crippen molar-refractivity contribution >= 4 is 46.3 Å². The van der Waals surface area contributed by atoms with Crippen LogP contribution in [0.5, 0.6) is 0 Å². The maximum atomic E-state index is 13.4. The van der Waals surface area contributed by atoms with Crippen molar-refractivity contribution in [1.29, 1.82) is 0 Å². The molecule has 10 N–H and O–H groups in total. The molecule has 16 heteroatoms. The van der Waals surface area contributed by atoms with E-state index in [1.54, 1.807) is 12.4 Å². The minimum absolute atomic E-state index is 0.00844. The van der Waals surface area contributed by atoms with Crippen LogP contribution in [-0.2, 0) is 41.6 Å². The Morgan fingerprint density at radius 3 is 2.57 bits per heavy atom. The number of aromatic amines is 2. The molecule has 16 nitrogen and oxygen atoms in total. The van der Waals surface area contributed by atoms with E-state index in [4.69, 9.17) is 11.5 Å². The summed E-state index contributed by atoms with van der Waals surface area (Å²) in [5.74, 6) is -3.35. The summed E-state index contributed by atoms with van der Waals surface area (Å²) < 4.78 is 0. The lowest BCUT2D eigenvalue weighted by atomic mass is 10.0. The molecule has 0 spiro atoms. The van der Waals surface area contributed by atoms with E-state index in [-0.39, 0.29) is 38.3 Å². The van der Waals surface area contributed by atoms with Crippen LogP contribution in [-0.4, -0.2) is 99.1 Å².